The minimum Gasteiger partial charge on any atom is -0.481 e. The van der Waals surface area contributed by atoms with Crippen molar-refractivity contribution in [1.29, 1.82) is 0 Å². The van der Waals surface area contributed by atoms with Crippen LogP contribution in [0.2, 0.25) is 0 Å². The molecule has 0 aromatic carbocycles. The number of thiophene rings is 1. The predicted octanol–water partition coefficient (Wildman–Crippen LogP) is 2.68. The maximum absolute atomic E-state index is 12.6. The zero-order valence-electron chi connectivity index (χ0n) is 11.8. The van der Waals surface area contributed by atoms with Gasteiger partial charge >= 0.3 is 5.97 Å². The molecule has 0 radical (unpaired) electrons. The largest absolute Gasteiger partial charge is 0.481 e. The number of hydrogen-bond donors (Lipinski definition) is 1. The molecule has 1 N–H and O–H groups in total. The second-order valence-electron chi connectivity index (χ2n) is 6.02. The lowest BCUT2D eigenvalue weighted by atomic mass is 10.1. The lowest BCUT2D eigenvalue weighted by Gasteiger charge is -2.12. The van der Waals surface area contributed by atoms with Gasteiger partial charge in [0, 0.05) is 6.54 Å². The maximum atomic E-state index is 12.6. The van der Waals surface area contributed by atoms with Crippen LogP contribution in [0.5, 0.6) is 0 Å². The van der Waals surface area contributed by atoms with Crippen molar-refractivity contribution in [3.05, 3.63) is 21.8 Å². The van der Waals surface area contributed by atoms with Gasteiger partial charge in [-0.05, 0) is 29.2 Å². The Morgan fingerprint density at radius 3 is 2.95 bits per heavy atom. The minimum absolute atomic E-state index is 0.0504. The molecule has 112 valence electrons. The van der Waals surface area contributed by atoms with Crippen molar-refractivity contribution in [3.63, 3.8) is 0 Å². The number of hydrogen-bond acceptors (Lipinski definition) is 5. The Bertz CT molecular complexity index is 763. The summed E-state index contributed by atoms with van der Waals surface area (Å²) in [5, 5.41) is 11.2. The van der Waals surface area contributed by atoms with Crippen molar-refractivity contribution in [2.75, 3.05) is 5.75 Å². The highest BCUT2D eigenvalue weighted by Gasteiger charge is 2.45. The first-order valence-electron chi connectivity index (χ1n) is 6.71. The first-order chi connectivity index (χ1) is 9.88. The normalized spacial score (nSPS) is 19.8. The van der Waals surface area contributed by atoms with E-state index >= 15 is 0 Å². The van der Waals surface area contributed by atoms with Crippen LogP contribution in [0.25, 0.3) is 10.2 Å². The number of nitrogens with zero attached hydrogens (tertiary/aromatic N) is 2. The number of rotatable bonds is 5. The number of thioether (sulfide) groups is 1. The smallest absolute Gasteiger partial charge is 0.313 e. The van der Waals surface area contributed by atoms with E-state index in [9.17, 15) is 9.59 Å². The van der Waals surface area contributed by atoms with Crippen molar-refractivity contribution in [2.24, 2.45) is 11.3 Å². The number of carboxylic acids is 1. The fourth-order valence-electron chi connectivity index (χ4n) is 2.43. The van der Waals surface area contributed by atoms with E-state index in [0.717, 1.165) is 18.2 Å². The summed E-state index contributed by atoms with van der Waals surface area (Å²) in [4.78, 5) is 27.9. The molecule has 1 unspecified atom stereocenters. The SMILES string of the molecule is CC1(C)CC1Cn1c(SCC(=O)O)nc2ccsc2c1=O. The van der Waals surface area contributed by atoms with E-state index in [1.165, 1.54) is 11.3 Å². The van der Waals surface area contributed by atoms with Gasteiger partial charge in [-0.3, -0.25) is 14.2 Å². The molecule has 5 nitrogen and oxygen atoms in total. The molecule has 1 aliphatic rings. The van der Waals surface area contributed by atoms with Gasteiger partial charge < -0.3 is 5.11 Å². The Balaban J connectivity index is 2.00. The number of carbonyl (C=O) groups is 1. The maximum Gasteiger partial charge on any atom is 0.313 e. The molecule has 21 heavy (non-hydrogen) atoms. The third-order valence-electron chi connectivity index (χ3n) is 3.98. The number of fused-ring (bicyclic) bond motifs is 1. The van der Waals surface area contributed by atoms with Crippen molar-refractivity contribution < 1.29 is 9.90 Å². The number of aliphatic carboxylic acids is 1. The zero-order chi connectivity index (χ0) is 15.2. The van der Waals surface area contributed by atoms with E-state index in [1.807, 2.05) is 5.38 Å². The zero-order valence-corrected chi connectivity index (χ0v) is 13.5. The van der Waals surface area contributed by atoms with E-state index in [-0.39, 0.29) is 16.7 Å². The van der Waals surface area contributed by atoms with Crippen LogP contribution in [0.3, 0.4) is 0 Å². The average molecular weight is 324 g/mol. The van der Waals surface area contributed by atoms with E-state index in [0.29, 0.717) is 27.8 Å². The Morgan fingerprint density at radius 2 is 2.33 bits per heavy atom. The van der Waals surface area contributed by atoms with Crippen LogP contribution < -0.4 is 5.56 Å². The van der Waals surface area contributed by atoms with Gasteiger partial charge in [-0.15, -0.1) is 11.3 Å². The summed E-state index contributed by atoms with van der Waals surface area (Å²) in [6, 6.07) is 1.80. The fourth-order valence-corrected chi connectivity index (χ4v) is 3.94. The summed E-state index contributed by atoms with van der Waals surface area (Å²) in [6.07, 6.45) is 1.09. The van der Waals surface area contributed by atoms with Crippen molar-refractivity contribution in [1.82, 2.24) is 9.55 Å². The van der Waals surface area contributed by atoms with Gasteiger partial charge in [0.2, 0.25) is 0 Å². The van der Waals surface area contributed by atoms with E-state index in [2.05, 4.69) is 18.8 Å². The van der Waals surface area contributed by atoms with Crippen LogP contribution in [0.4, 0.5) is 0 Å². The molecule has 2 aromatic heterocycles. The molecule has 0 aliphatic heterocycles. The van der Waals surface area contributed by atoms with Crippen LogP contribution >= 0.6 is 23.1 Å². The van der Waals surface area contributed by atoms with Crippen molar-refractivity contribution in [2.45, 2.75) is 32.0 Å². The third kappa shape index (κ3) is 2.85. The molecule has 0 saturated heterocycles. The topological polar surface area (TPSA) is 72.2 Å². The van der Waals surface area contributed by atoms with Crippen LogP contribution in [-0.2, 0) is 11.3 Å². The molecule has 0 bridgehead atoms. The first-order valence-corrected chi connectivity index (χ1v) is 8.57. The Hall–Kier alpha value is -1.34. The second-order valence-corrected chi connectivity index (χ2v) is 7.88. The van der Waals surface area contributed by atoms with E-state index in [1.54, 1.807) is 10.6 Å². The highest BCUT2D eigenvalue weighted by Crippen LogP contribution is 2.52. The van der Waals surface area contributed by atoms with Gasteiger partial charge in [0.15, 0.2) is 5.16 Å². The molecule has 1 saturated carbocycles. The summed E-state index contributed by atoms with van der Waals surface area (Å²) in [6.45, 7) is 4.99. The second kappa shape index (κ2) is 5.14. The summed E-state index contributed by atoms with van der Waals surface area (Å²) >= 11 is 2.50. The Labute approximate surface area is 130 Å². The molecular formula is C14H16N2O3S2. The number of aromatic nitrogens is 2. The molecule has 2 aromatic rings. The summed E-state index contributed by atoms with van der Waals surface area (Å²) in [5.41, 5.74) is 0.869. The molecular weight excluding hydrogens is 308 g/mol. The minimum atomic E-state index is -0.905. The van der Waals surface area contributed by atoms with E-state index in [4.69, 9.17) is 5.11 Å². The van der Waals surface area contributed by atoms with E-state index < -0.39 is 5.97 Å². The standard InChI is InChI=1S/C14H16N2O3S2/c1-14(2)5-8(14)6-16-12(19)11-9(3-4-20-11)15-13(16)21-7-10(17)18/h3-4,8H,5-7H2,1-2H3,(H,17,18). The van der Waals surface area contributed by atoms with Crippen molar-refractivity contribution >= 4 is 39.3 Å². The summed E-state index contributed by atoms with van der Waals surface area (Å²) in [7, 11) is 0. The summed E-state index contributed by atoms with van der Waals surface area (Å²) in [5.74, 6) is -0.535. The quantitative estimate of drug-likeness (QED) is 0.676. The average Bonchev–Trinajstić information content (AvgIpc) is 2.82. The fraction of sp³-hybridized carbons (Fsp3) is 0.500. The van der Waals surface area contributed by atoms with Gasteiger partial charge in [0.05, 0.1) is 11.3 Å². The highest BCUT2D eigenvalue weighted by atomic mass is 32.2. The van der Waals surface area contributed by atoms with Crippen LogP contribution in [0, 0.1) is 11.3 Å². The van der Waals surface area contributed by atoms with Crippen LogP contribution in [0.1, 0.15) is 20.3 Å². The summed E-state index contributed by atoms with van der Waals surface area (Å²) < 4.78 is 2.31. The molecule has 1 aliphatic carbocycles. The lowest BCUT2D eigenvalue weighted by Crippen LogP contribution is -2.24. The molecule has 3 rings (SSSR count). The van der Waals surface area contributed by atoms with Crippen LogP contribution in [-0.4, -0.2) is 26.4 Å². The molecule has 0 spiro atoms. The van der Waals surface area contributed by atoms with Gasteiger partial charge in [0.25, 0.3) is 5.56 Å². The van der Waals surface area contributed by atoms with Gasteiger partial charge in [0.1, 0.15) is 4.70 Å². The van der Waals surface area contributed by atoms with Crippen LogP contribution in [0.15, 0.2) is 21.4 Å². The number of carboxylic acid groups (broad SMARTS) is 1. The highest BCUT2D eigenvalue weighted by molar-refractivity contribution is 7.99. The molecule has 2 heterocycles. The Morgan fingerprint density at radius 1 is 1.62 bits per heavy atom. The van der Waals surface area contributed by atoms with Gasteiger partial charge in [-0.2, -0.15) is 0 Å². The van der Waals surface area contributed by atoms with Gasteiger partial charge in [-0.25, -0.2) is 4.98 Å². The van der Waals surface area contributed by atoms with Crippen molar-refractivity contribution in [3.8, 4) is 0 Å². The first kappa shape index (κ1) is 14.6. The third-order valence-corrected chi connectivity index (χ3v) is 5.83. The monoisotopic (exact) mass is 324 g/mol. The molecule has 1 atom stereocenters. The predicted molar refractivity (Wildman–Crippen MR) is 84.1 cm³/mol. The molecule has 7 heteroatoms. The molecule has 1 fully saturated rings. The molecule has 0 amide bonds. The van der Waals surface area contributed by atoms with Gasteiger partial charge in [-0.1, -0.05) is 25.6 Å². The Kier molecular flexibility index (Phi) is 3.57. The lowest BCUT2D eigenvalue weighted by molar-refractivity contribution is -0.133.